The van der Waals surface area contributed by atoms with E-state index in [0.717, 1.165) is 5.56 Å². The molecule has 0 bridgehead atoms. The van der Waals surface area contributed by atoms with Gasteiger partial charge in [-0.3, -0.25) is 0 Å². The van der Waals surface area contributed by atoms with E-state index in [2.05, 4.69) is 44.7 Å². The molecule has 2 heterocycles. The molecule has 4 aromatic rings. The van der Waals surface area contributed by atoms with E-state index in [4.69, 9.17) is 4.42 Å². The smallest absolute Gasteiger partial charge is 0.239 e. The highest BCUT2D eigenvalue weighted by atomic mass is 16.4. The number of rotatable bonds is 6. The highest BCUT2D eigenvalue weighted by Crippen LogP contribution is 2.11. The van der Waals surface area contributed by atoms with Crippen molar-refractivity contribution in [3.05, 3.63) is 88.9 Å². The third-order valence-electron chi connectivity index (χ3n) is 4.09. The largest absolute Gasteiger partial charge is 0.423 e. The molecule has 2 aromatic heterocycles. The van der Waals surface area contributed by atoms with Crippen LogP contribution < -0.4 is 0 Å². The fourth-order valence-electron chi connectivity index (χ4n) is 2.71. The molecule has 0 saturated heterocycles. The minimum Gasteiger partial charge on any atom is -0.423 e. The lowest BCUT2D eigenvalue weighted by Crippen LogP contribution is -2.05. The lowest BCUT2D eigenvalue weighted by Gasteiger charge is -2.00. The van der Waals surface area contributed by atoms with Gasteiger partial charge in [-0.15, -0.1) is 20.4 Å². The lowest BCUT2D eigenvalue weighted by atomic mass is 10.1. The minimum absolute atomic E-state index is 0.308. The van der Waals surface area contributed by atoms with Crippen LogP contribution in [0, 0.1) is 6.92 Å². The van der Waals surface area contributed by atoms with Crippen LogP contribution in [0.1, 0.15) is 34.3 Å². The molecule has 7 heteroatoms. The second-order valence-corrected chi connectivity index (χ2v) is 6.09. The summed E-state index contributed by atoms with van der Waals surface area (Å²) in [4.78, 5) is 1.48. The van der Waals surface area contributed by atoms with Crippen LogP contribution in [0.25, 0.3) is 0 Å². The fraction of sp³-hybridized carbons (Fsp3) is 0.211. The van der Waals surface area contributed by atoms with E-state index < -0.39 is 0 Å². The lowest BCUT2D eigenvalue weighted by molar-refractivity contribution is 0.417. The molecule has 0 atom stereocenters. The summed E-state index contributed by atoms with van der Waals surface area (Å²) in [7, 11) is 0. The van der Waals surface area contributed by atoms with Gasteiger partial charge < -0.3 is 4.42 Å². The van der Waals surface area contributed by atoms with E-state index in [1.807, 2.05) is 42.5 Å². The zero-order valence-electron chi connectivity index (χ0n) is 14.4. The molecule has 0 N–H and O–H groups in total. The van der Waals surface area contributed by atoms with Crippen molar-refractivity contribution >= 4 is 0 Å². The molecular formula is C19H18N6O. The van der Waals surface area contributed by atoms with Crippen LogP contribution in [0.3, 0.4) is 0 Å². The summed E-state index contributed by atoms with van der Waals surface area (Å²) in [5.41, 5.74) is 3.53. The van der Waals surface area contributed by atoms with Crippen LogP contribution in [-0.4, -0.2) is 30.4 Å². The molecule has 0 aliphatic rings. The summed E-state index contributed by atoms with van der Waals surface area (Å²) >= 11 is 0. The summed E-state index contributed by atoms with van der Waals surface area (Å²) in [6, 6.07) is 18.2. The van der Waals surface area contributed by atoms with E-state index in [9.17, 15) is 0 Å². The Kier molecular flexibility index (Phi) is 4.51. The molecule has 0 aliphatic carbocycles. The summed E-state index contributed by atoms with van der Waals surface area (Å²) < 4.78 is 5.69. The van der Waals surface area contributed by atoms with Crippen molar-refractivity contribution < 1.29 is 4.42 Å². The van der Waals surface area contributed by atoms with Gasteiger partial charge in [0.05, 0.1) is 6.42 Å². The van der Waals surface area contributed by atoms with E-state index in [1.165, 1.54) is 15.9 Å². The first-order valence-corrected chi connectivity index (χ1v) is 8.42. The Morgan fingerprint density at radius 1 is 0.846 bits per heavy atom. The Labute approximate surface area is 150 Å². The van der Waals surface area contributed by atoms with Gasteiger partial charge in [0.1, 0.15) is 6.54 Å². The SMILES string of the molecule is Cc1ccccc1Cc1nnn(Cc2nnc(Cc3ccccc3)o2)n1. The number of tetrazole rings is 1. The maximum Gasteiger partial charge on any atom is 0.239 e. The topological polar surface area (TPSA) is 82.5 Å². The summed E-state index contributed by atoms with van der Waals surface area (Å²) in [6.07, 6.45) is 1.26. The number of aromatic nitrogens is 6. The van der Waals surface area contributed by atoms with Crippen molar-refractivity contribution in [2.75, 3.05) is 0 Å². The first-order chi connectivity index (χ1) is 12.8. The van der Waals surface area contributed by atoms with E-state index in [0.29, 0.717) is 37.0 Å². The first kappa shape index (κ1) is 16.1. The molecule has 0 amide bonds. The zero-order valence-corrected chi connectivity index (χ0v) is 14.4. The van der Waals surface area contributed by atoms with Gasteiger partial charge in [0.2, 0.25) is 11.8 Å². The van der Waals surface area contributed by atoms with Crippen LogP contribution in [0.4, 0.5) is 0 Å². The molecule has 0 spiro atoms. The number of nitrogens with zero attached hydrogens (tertiary/aromatic N) is 6. The van der Waals surface area contributed by atoms with Gasteiger partial charge in [0.15, 0.2) is 5.82 Å². The molecule has 130 valence electrons. The van der Waals surface area contributed by atoms with Crippen molar-refractivity contribution in [3.63, 3.8) is 0 Å². The molecule has 26 heavy (non-hydrogen) atoms. The van der Waals surface area contributed by atoms with Crippen LogP contribution in [0.2, 0.25) is 0 Å². The van der Waals surface area contributed by atoms with Crippen molar-refractivity contribution in [2.45, 2.75) is 26.3 Å². The maximum absolute atomic E-state index is 5.69. The second kappa shape index (κ2) is 7.26. The Morgan fingerprint density at radius 3 is 2.46 bits per heavy atom. The summed E-state index contributed by atoms with van der Waals surface area (Å²) in [6.45, 7) is 2.38. The minimum atomic E-state index is 0.308. The van der Waals surface area contributed by atoms with Gasteiger partial charge in [-0.25, -0.2) is 0 Å². The molecule has 0 saturated carbocycles. The van der Waals surface area contributed by atoms with Crippen molar-refractivity contribution in [2.24, 2.45) is 0 Å². The molecule has 0 unspecified atom stereocenters. The Morgan fingerprint density at radius 2 is 1.62 bits per heavy atom. The monoisotopic (exact) mass is 346 g/mol. The van der Waals surface area contributed by atoms with Crippen LogP contribution in [-0.2, 0) is 19.4 Å². The average molecular weight is 346 g/mol. The Hall–Kier alpha value is -3.35. The van der Waals surface area contributed by atoms with Gasteiger partial charge >= 0.3 is 0 Å². The van der Waals surface area contributed by atoms with Crippen molar-refractivity contribution in [1.29, 1.82) is 0 Å². The van der Waals surface area contributed by atoms with E-state index in [1.54, 1.807) is 0 Å². The molecule has 0 radical (unpaired) electrons. The van der Waals surface area contributed by atoms with Gasteiger partial charge in [-0.1, -0.05) is 54.6 Å². The van der Waals surface area contributed by atoms with Crippen molar-refractivity contribution in [3.8, 4) is 0 Å². The Bertz CT molecular complexity index is 992. The number of aryl methyl sites for hydroxylation is 1. The number of benzene rings is 2. The zero-order chi connectivity index (χ0) is 17.8. The fourth-order valence-corrected chi connectivity index (χ4v) is 2.71. The summed E-state index contributed by atoms with van der Waals surface area (Å²) in [5, 5.41) is 20.8. The molecule has 2 aromatic carbocycles. The van der Waals surface area contributed by atoms with Gasteiger partial charge in [-0.05, 0) is 28.8 Å². The van der Waals surface area contributed by atoms with Crippen LogP contribution >= 0.6 is 0 Å². The summed E-state index contributed by atoms with van der Waals surface area (Å²) in [5.74, 6) is 1.71. The molecule has 0 aliphatic heterocycles. The van der Waals surface area contributed by atoms with Gasteiger partial charge in [-0.2, -0.15) is 4.80 Å². The highest BCUT2D eigenvalue weighted by Gasteiger charge is 2.11. The van der Waals surface area contributed by atoms with Crippen LogP contribution in [0.5, 0.6) is 0 Å². The third kappa shape index (κ3) is 3.83. The molecule has 7 nitrogen and oxygen atoms in total. The van der Waals surface area contributed by atoms with Crippen LogP contribution in [0.15, 0.2) is 59.0 Å². The highest BCUT2D eigenvalue weighted by molar-refractivity contribution is 5.27. The Balaban J connectivity index is 1.41. The predicted octanol–water partition coefficient (Wildman–Crippen LogP) is 2.59. The van der Waals surface area contributed by atoms with Crippen molar-refractivity contribution in [1.82, 2.24) is 30.4 Å². The van der Waals surface area contributed by atoms with Gasteiger partial charge in [0.25, 0.3) is 0 Å². The molecule has 4 rings (SSSR count). The molecule has 0 fully saturated rings. The first-order valence-electron chi connectivity index (χ1n) is 8.42. The predicted molar refractivity (Wildman–Crippen MR) is 94.5 cm³/mol. The quantitative estimate of drug-likeness (QED) is 0.534. The number of hydrogen-bond donors (Lipinski definition) is 0. The normalized spacial score (nSPS) is 11.0. The third-order valence-corrected chi connectivity index (χ3v) is 4.09. The van der Waals surface area contributed by atoms with Gasteiger partial charge in [0, 0.05) is 6.42 Å². The molecular weight excluding hydrogens is 328 g/mol. The standard InChI is InChI=1S/C19H18N6O/c1-14-7-5-6-10-16(14)12-17-20-24-25(23-17)13-19-22-21-18(26-19)11-15-8-3-2-4-9-15/h2-10H,11-13H2,1H3. The van der Waals surface area contributed by atoms with E-state index in [-0.39, 0.29) is 0 Å². The maximum atomic E-state index is 5.69. The average Bonchev–Trinajstić information content (AvgIpc) is 3.28. The number of hydrogen-bond acceptors (Lipinski definition) is 6. The second-order valence-electron chi connectivity index (χ2n) is 6.09. The van der Waals surface area contributed by atoms with E-state index >= 15 is 0 Å².